The van der Waals surface area contributed by atoms with Crippen molar-refractivity contribution in [2.45, 2.75) is 33.2 Å². The molecule has 0 saturated carbocycles. The van der Waals surface area contributed by atoms with Crippen LogP contribution in [-0.2, 0) is 21.4 Å². The SMILES string of the molecule is CC1=C(c2ccc(C(C)C)cc2)S(=O)(=O)N(Cc2ccc(C(=O)Nc3cccc(F)c3)cc2)C1=O. The van der Waals surface area contributed by atoms with E-state index in [-0.39, 0.29) is 17.0 Å². The summed E-state index contributed by atoms with van der Waals surface area (Å²) in [6.07, 6.45) is 0. The van der Waals surface area contributed by atoms with E-state index in [2.05, 4.69) is 5.32 Å². The Kier molecular flexibility index (Phi) is 6.58. The highest BCUT2D eigenvalue weighted by Gasteiger charge is 2.42. The molecule has 0 spiro atoms. The number of hydrogen-bond donors (Lipinski definition) is 1. The molecule has 0 saturated heterocycles. The van der Waals surface area contributed by atoms with Gasteiger partial charge < -0.3 is 5.32 Å². The van der Waals surface area contributed by atoms with Gasteiger partial charge in [-0.2, -0.15) is 0 Å². The van der Waals surface area contributed by atoms with Crippen LogP contribution in [0.25, 0.3) is 4.91 Å². The summed E-state index contributed by atoms with van der Waals surface area (Å²) in [7, 11) is -4.03. The molecule has 180 valence electrons. The second-order valence-corrected chi connectivity index (χ2v) is 10.5. The number of carbonyl (C=O) groups is 2. The molecule has 6 nitrogen and oxygen atoms in total. The van der Waals surface area contributed by atoms with E-state index in [0.29, 0.717) is 28.3 Å². The largest absolute Gasteiger partial charge is 0.322 e. The molecule has 1 N–H and O–H groups in total. The molecule has 0 radical (unpaired) electrons. The summed E-state index contributed by atoms with van der Waals surface area (Å²) in [6, 6.07) is 19.0. The van der Waals surface area contributed by atoms with Crippen molar-refractivity contribution in [1.29, 1.82) is 0 Å². The van der Waals surface area contributed by atoms with E-state index in [1.54, 1.807) is 30.3 Å². The van der Waals surface area contributed by atoms with Crippen molar-refractivity contribution in [3.8, 4) is 0 Å². The van der Waals surface area contributed by atoms with Crippen LogP contribution in [0.4, 0.5) is 10.1 Å². The molecular weight excluding hydrogens is 467 g/mol. The first kappa shape index (κ1) is 24.3. The number of rotatable bonds is 6. The van der Waals surface area contributed by atoms with Crippen molar-refractivity contribution in [3.05, 3.63) is 106 Å². The van der Waals surface area contributed by atoms with Crippen LogP contribution in [0, 0.1) is 5.82 Å². The van der Waals surface area contributed by atoms with Crippen LogP contribution in [0.15, 0.2) is 78.4 Å². The molecule has 3 aromatic rings. The Balaban J connectivity index is 1.51. The van der Waals surface area contributed by atoms with Gasteiger partial charge in [0.1, 0.15) is 10.7 Å². The molecule has 1 aliphatic heterocycles. The summed E-state index contributed by atoms with van der Waals surface area (Å²) in [5.41, 5.74) is 2.92. The van der Waals surface area contributed by atoms with Gasteiger partial charge in [-0.1, -0.05) is 56.3 Å². The van der Waals surface area contributed by atoms with Crippen LogP contribution >= 0.6 is 0 Å². The van der Waals surface area contributed by atoms with Gasteiger partial charge in [-0.15, -0.1) is 0 Å². The third-order valence-electron chi connectivity index (χ3n) is 5.90. The average Bonchev–Trinajstić information content (AvgIpc) is 2.98. The van der Waals surface area contributed by atoms with Crippen LogP contribution in [0.5, 0.6) is 0 Å². The normalized spacial score (nSPS) is 15.1. The van der Waals surface area contributed by atoms with Gasteiger partial charge in [0.25, 0.3) is 21.8 Å². The first-order valence-corrected chi connectivity index (χ1v) is 12.6. The van der Waals surface area contributed by atoms with Gasteiger partial charge in [-0.25, -0.2) is 17.1 Å². The van der Waals surface area contributed by atoms with Crippen LogP contribution in [0.1, 0.15) is 53.7 Å². The highest BCUT2D eigenvalue weighted by atomic mass is 32.2. The van der Waals surface area contributed by atoms with E-state index < -0.39 is 27.7 Å². The van der Waals surface area contributed by atoms with Crippen LogP contribution in [-0.4, -0.2) is 24.5 Å². The fourth-order valence-electron chi connectivity index (χ4n) is 3.94. The number of anilines is 1. The molecule has 1 heterocycles. The van der Waals surface area contributed by atoms with Gasteiger partial charge in [0.05, 0.1) is 6.54 Å². The summed E-state index contributed by atoms with van der Waals surface area (Å²) < 4.78 is 40.8. The molecule has 1 aliphatic rings. The number of nitrogens with zero attached hydrogens (tertiary/aromatic N) is 1. The Labute approximate surface area is 204 Å². The van der Waals surface area contributed by atoms with E-state index in [4.69, 9.17) is 0 Å². The minimum absolute atomic E-state index is 0.0175. The second kappa shape index (κ2) is 9.46. The molecule has 0 bridgehead atoms. The van der Waals surface area contributed by atoms with Gasteiger partial charge in [0.2, 0.25) is 0 Å². The Morgan fingerprint density at radius 2 is 1.66 bits per heavy atom. The number of amides is 2. The maximum atomic E-state index is 13.3. The summed E-state index contributed by atoms with van der Waals surface area (Å²) >= 11 is 0. The summed E-state index contributed by atoms with van der Waals surface area (Å²) in [5.74, 6) is -1.16. The Morgan fingerprint density at radius 1 is 1.00 bits per heavy atom. The lowest BCUT2D eigenvalue weighted by Crippen LogP contribution is -2.30. The molecule has 4 rings (SSSR count). The first-order valence-electron chi connectivity index (χ1n) is 11.1. The lowest BCUT2D eigenvalue weighted by atomic mass is 10.0. The molecule has 0 atom stereocenters. The first-order chi connectivity index (χ1) is 16.6. The summed E-state index contributed by atoms with van der Waals surface area (Å²) in [5, 5.41) is 2.61. The molecule has 8 heteroatoms. The maximum Gasteiger partial charge on any atom is 0.268 e. The van der Waals surface area contributed by atoms with Crippen LogP contribution in [0.3, 0.4) is 0 Å². The monoisotopic (exact) mass is 492 g/mol. The van der Waals surface area contributed by atoms with E-state index in [9.17, 15) is 22.4 Å². The molecule has 0 fully saturated rings. The highest BCUT2D eigenvalue weighted by molar-refractivity contribution is 7.99. The maximum absolute atomic E-state index is 13.3. The second-order valence-electron chi connectivity index (χ2n) is 8.71. The number of halogens is 1. The Morgan fingerprint density at radius 3 is 2.26 bits per heavy atom. The van der Waals surface area contributed by atoms with Gasteiger partial charge in [0, 0.05) is 16.8 Å². The number of carbonyl (C=O) groups excluding carboxylic acids is 2. The summed E-state index contributed by atoms with van der Waals surface area (Å²) in [6.45, 7) is 5.46. The topological polar surface area (TPSA) is 83.6 Å². The molecule has 3 aromatic carbocycles. The number of nitrogens with one attached hydrogen (secondary N) is 1. The zero-order valence-electron chi connectivity index (χ0n) is 19.6. The van der Waals surface area contributed by atoms with Gasteiger partial charge >= 0.3 is 0 Å². The molecular formula is C27H25FN2O4S. The number of benzene rings is 3. The fraction of sp³-hybridized carbons (Fsp3) is 0.185. The predicted molar refractivity (Wildman–Crippen MR) is 133 cm³/mol. The van der Waals surface area contributed by atoms with Crippen molar-refractivity contribution in [2.24, 2.45) is 0 Å². The van der Waals surface area contributed by atoms with Crippen molar-refractivity contribution in [2.75, 3.05) is 5.32 Å². The smallest absolute Gasteiger partial charge is 0.268 e. The van der Waals surface area contributed by atoms with Crippen molar-refractivity contribution in [1.82, 2.24) is 4.31 Å². The van der Waals surface area contributed by atoms with E-state index in [1.165, 1.54) is 37.3 Å². The quantitative estimate of drug-likeness (QED) is 0.506. The molecule has 2 amide bonds. The van der Waals surface area contributed by atoms with Crippen molar-refractivity contribution >= 4 is 32.4 Å². The average molecular weight is 493 g/mol. The van der Waals surface area contributed by atoms with Crippen molar-refractivity contribution in [3.63, 3.8) is 0 Å². The Bertz CT molecular complexity index is 1430. The van der Waals surface area contributed by atoms with E-state index in [1.807, 2.05) is 26.0 Å². The standard InChI is InChI=1S/C27H25FN2O4S/c1-17(2)20-11-13-21(14-12-20)25-18(3)27(32)30(35(25,33)34)16-19-7-9-22(10-8-19)26(31)29-24-6-4-5-23(28)15-24/h4-15,17H,16H2,1-3H3,(H,29,31). The van der Waals surface area contributed by atoms with Crippen LogP contribution < -0.4 is 5.32 Å². The van der Waals surface area contributed by atoms with E-state index in [0.717, 1.165) is 9.87 Å². The molecule has 35 heavy (non-hydrogen) atoms. The fourth-order valence-corrected chi connectivity index (χ4v) is 5.74. The minimum atomic E-state index is -4.03. The third-order valence-corrected chi connectivity index (χ3v) is 7.83. The van der Waals surface area contributed by atoms with Crippen molar-refractivity contribution < 1.29 is 22.4 Å². The zero-order chi connectivity index (χ0) is 25.3. The molecule has 0 aliphatic carbocycles. The number of sulfonamides is 1. The van der Waals surface area contributed by atoms with Crippen LogP contribution in [0.2, 0.25) is 0 Å². The minimum Gasteiger partial charge on any atom is -0.322 e. The van der Waals surface area contributed by atoms with Gasteiger partial charge in [0.15, 0.2) is 0 Å². The zero-order valence-corrected chi connectivity index (χ0v) is 20.4. The third kappa shape index (κ3) is 4.88. The number of hydrogen-bond acceptors (Lipinski definition) is 4. The predicted octanol–water partition coefficient (Wildman–Crippen LogP) is 5.30. The molecule has 0 unspecified atom stereocenters. The lowest BCUT2D eigenvalue weighted by Gasteiger charge is -2.17. The lowest BCUT2D eigenvalue weighted by molar-refractivity contribution is -0.122. The van der Waals surface area contributed by atoms with Gasteiger partial charge in [-0.05, 0) is 59.9 Å². The summed E-state index contributed by atoms with van der Waals surface area (Å²) in [4.78, 5) is 25.3. The van der Waals surface area contributed by atoms with E-state index >= 15 is 0 Å². The molecule has 0 aromatic heterocycles. The highest BCUT2D eigenvalue weighted by Crippen LogP contribution is 2.36. The Hall–Kier alpha value is -3.78. The van der Waals surface area contributed by atoms with Gasteiger partial charge in [-0.3, -0.25) is 9.59 Å².